The number of nitrogens with one attached hydrogen (secondary N) is 3. The van der Waals surface area contributed by atoms with Crippen molar-refractivity contribution in [1.82, 2.24) is 15.6 Å². The summed E-state index contributed by atoms with van der Waals surface area (Å²) in [6.45, 7) is 3.66. The molecule has 0 radical (unpaired) electrons. The summed E-state index contributed by atoms with van der Waals surface area (Å²) in [5.74, 6) is -0.731. The van der Waals surface area contributed by atoms with Gasteiger partial charge in [-0.15, -0.1) is 0 Å². The maximum Gasteiger partial charge on any atom is 0.244 e. The molecule has 6 heteroatoms. The van der Waals surface area contributed by atoms with Crippen molar-refractivity contribution in [3.05, 3.63) is 48.7 Å². The summed E-state index contributed by atoms with van der Waals surface area (Å²) in [6, 6.07) is 8.99. The first-order valence-electron chi connectivity index (χ1n) is 7.28. The van der Waals surface area contributed by atoms with E-state index in [9.17, 15) is 9.59 Å². The minimum atomic E-state index is -0.724. The Labute approximate surface area is 134 Å². The third kappa shape index (κ3) is 4.20. The molecule has 1 unspecified atom stereocenters. The summed E-state index contributed by atoms with van der Waals surface area (Å²) in [7, 11) is 0. The van der Waals surface area contributed by atoms with E-state index in [-0.39, 0.29) is 18.9 Å². The molecule has 0 fully saturated rings. The van der Waals surface area contributed by atoms with E-state index in [1.165, 1.54) is 0 Å². The number of hydrogen-bond donors (Lipinski definition) is 3. The molecule has 6 nitrogen and oxygen atoms in total. The predicted molar refractivity (Wildman–Crippen MR) is 87.4 cm³/mol. The molecular weight excluding hydrogens is 292 g/mol. The normalized spacial score (nSPS) is 11.4. The third-order valence-corrected chi connectivity index (χ3v) is 3.45. The molecule has 2 amide bonds. The average molecular weight is 310 g/mol. The van der Waals surface area contributed by atoms with Gasteiger partial charge < -0.3 is 15.6 Å². The zero-order valence-corrected chi connectivity index (χ0v) is 12.6. The minimum Gasteiger partial charge on any atom is -0.361 e. The van der Waals surface area contributed by atoms with Gasteiger partial charge in [-0.2, -0.15) is 5.26 Å². The summed E-state index contributed by atoms with van der Waals surface area (Å²) in [5, 5.41) is 14.8. The van der Waals surface area contributed by atoms with Crippen LogP contribution in [0.2, 0.25) is 0 Å². The number of benzene rings is 1. The Kier molecular flexibility index (Phi) is 5.53. The SMILES string of the molecule is C=CC(=O)NC(Cc1c[nH]c2ccccc12)C(=O)NCCC#N. The number of rotatable bonds is 7. The molecule has 3 N–H and O–H groups in total. The second-order valence-electron chi connectivity index (χ2n) is 5.03. The van der Waals surface area contributed by atoms with Crippen LogP contribution in [0.1, 0.15) is 12.0 Å². The number of carbonyl (C=O) groups is 2. The van der Waals surface area contributed by atoms with E-state index in [4.69, 9.17) is 5.26 Å². The Morgan fingerprint density at radius 2 is 2.17 bits per heavy atom. The Bertz CT molecular complexity index is 757. The van der Waals surface area contributed by atoms with Gasteiger partial charge in [0.25, 0.3) is 0 Å². The number of nitriles is 1. The van der Waals surface area contributed by atoms with Crippen molar-refractivity contribution >= 4 is 22.7 Å². The molecular formula is C17H18N4O2. The molecule has 1 aromatic carbocycles. The van der Waals surface area contributed by atoms with Crippen LogP contribution in [0.3, 0.4) is 0 Å². The fraction of sp³-hybridized carbons (Fsp3) is 0.235. The molecule has 118 valence electrons. The van der Waals surface area contributed by atoms with Crippen LogP contribution in [0, 0.1) is 11.3 Å². The lowest BCUT2D eigenvalue weighted by Gasteiger charge is -2.17. The molecule has 0 saturated heterocycles. The molecule has 0 saturated carbocycles. The quantitative estimate of drug-likeness (QED) is 0.533. The van der Waals surface area contributed by atoms with Crippen LogP contribution in [0.4, 0.5) is 0 Å². The minimum absolute atomic E-state index is 0.223. The van der Waals surface area contributed by atoms with Crippen molar-refractivity contribution in [3.8, 4) is 6.07 Å². The summed E-state index contributed by atoms with van der Waals surface area (Å²) in [5.41, 5.74) is 1.91. The Morgan fingerprint density at radius 3 is 2.91 bits per heavy atom. The number of nitrogens with zero attached hydrogens (tertiary/aromatic N) is 1. The van der Waals surface area contributed by atoms with Gasteiger partial charge >= 0.3 is 0 Å². The molecule has 0 bridgehead atoms. The third-order valence-electron chi connectivity index (χ3n) is 3.45. The molecule has 1 heterocycles. The molecule has 0 aliphatic rings. The first-order valence-corrected chi connectivity index (χ1v) is 7.28. The number of fused-ring (bicyclic) bond motifs is 1. The van der Waals surface area contributed by atoms with Crippen molar-refractivity contribution in [3.63, 3.8) is 0 Å². The van der Waals surface area contributed by atoms with E-state index < -0.39 is 11.9 Å². The number of aromatic nitrogens is 1. The lowest BCUT2D eigenvalue weighted by Crippen LogP contribution is -2.47. The highest BCUT2D eigenvalue weighted by atomic mass is 16.2. The molecule has 23 heavy (non-hydrogen) atoms. The van der Waals surface area contributed by atoms with E-state index in [0.717, 1.165) is 22.5 Å². The predicted octanol–water partition coefficient (Wildman–Crippen LogP) is 1.41. The Hall–Kier alpha value is -3.07. The lowest BCUT2D eigenvalue weighted by atomic mass is 10.0. The van der Waals surface area contributed by atoms with Gasteiger partial charge in [0, 0.05) is 30.1 Å². The molecule has 0 aliphatic carbocycles. The van der Waals surface area contributed by atoms with Gasteiger partial charge in [0.1, 0.15) is 6.04 Å². The smallest absolute Gasteiger partial charge is 0.244 e. The first kappa shape index (κ1) is 16.3. The molecule has 2 rings (SSSR count). The first-order chi connectivity index (χ1) is 11.2. The summed E-state index contributed by atoms with van der Waals surface area (Å²) in [4.78, 5) is 27.0. The second kappa shape index (κ2) is 7.80. The van der Waals surface area contributed by atoms with Crippen molar-refractivity contribution < 1.29 is 9.59 Å². The van der Waals surface area contributed by atoms with Gasteiger partial charge in [-0.3, -0.25) is 9.59 Å². The fourth-order valence-electron chi connectivity index (χ4n) is 2.33. The summed E-state index contributed by atoms with van der Waals surface area (Å²) < 4.78 is 0. The molecule has 1 atom stereocenters. The second-order valence-corrected chi connectivity index (χ2v) is 5.03. The zero-order chi connectivity index (χ0) is 16.7. The van der Waals surface area contributed by atoms with Crippen LogP contribution in [-0.2, 0) is 16.0 Å². The maximum atomic E-state index is 12.3. The van der Waals surface area contributed by atoms with Crippen LogP contribution in [0.5, 0.6) is 0 Å². The van der Waals surface area contributed by atoms with Crippen LogP contribution >= 0.6 is 0 Å². The van der Waals surface area contributed by atoms with Crippen molar-refractivity contribution in [2.45, 2.75) is 18.9 Å². The molecule has 0 aliphatic heterocycles. The Balaban J connectivity index is 2.16. The van der Waals surface area contributed by atoms with Gasteiger partial charge in [0.15, 0.2) is 0 Å². The number of carbonyl (C=O) groups excluding carboxylic acids is 2. The van der Waals surface area contributed by atoms with Gasteiger partial charge in [-0.1, -0.05) is 24.8 Å². The van der Waals surface area contributed by atoms with Crippen molar-refractivity contribution in [2.75, 3.05) is 6.54 Å². The lowest BCUT2D eigenvalue weighted by molar-refractivity contribution is -0.127. The summed E-state index contributed by atoms with van der Waals surface area (Å²) in [6.07, 6.45) is 3.54. The van der Waals surface area contributed by atoms with Crippen molar-refractivity contribution in [1.29, 1.82) is 5.26 Å². The number of amides is 2. The number of aromatic amines is 1. The fourth-order valence-corrected chi connectivity index (χ4v) is 2.33. The van der Waals surface area contributed by atoms with Gasteiger partial charge in [-0.25, -0.2) is 0 Å². The zero-order valence-electron chi connectivity index (χ0n) is 12.6. The molecule has 1 aromatic heterocycles. The van der Waals surface area contributed by atoms with E-state index in [1.807, 2.05) is 36.5 Å². The Morgan fingerprint density at radius 1 is 1.39 bits per heavy atom. The molecule has 2 aromatic rings. The van der Waals surface area contributed by atoms with Gasteiger partial charge in [0.05, 0.1) is 12.5 Å². The molecule has 0 spiro atoms. The van der Waals surface area contributed by atoms with E-state index in [1.54, 1.807) is 0 Å². The highest BCUT2D eigenvalue weighted by Gasteiger charge is 2.21. The highest BCUT2D eigenvalue weighted by Crippen LogP contribution is 2.19. The van der Waals surface area contributed by atoms with E-state index in [0.29, 0.717) is 6.42 Å². The topological polar surface area (TPSA) is 97.8 Å². The van der Waals surface area contributed by atoms with Crippen molar-refractivity contribution in [2.24, 2.45) is 0 Å². The number of para-hydroxylation sites is 1. The standard InChI is InChI=1S/C17H18N4O2/c1-2-16(22)21-15(17(23)19-9-5-8-18)10-12-11-20-14-7-4-3-6-13(12)14/h2-4,6-7,11,15,20H,1,5,9-10H2,(H,19,23)(H,21,22). The van der Waals surface area contributed by atoms with Gasteiger partial charge in [-0.05, 0) is 17.7 Å². The monoisotopic (exact) mass is 310 g/mol. The van der Waals surface area contributed by atoms with Crippen LogP contribution < -0.4 is 10.6 Å². The van der Waals surface area contributed by atoms with E-state index in [2.05, 4.69) is 22.2 Å². The van der Waals surface area contributed by atoms with Crippen LogP contribution in [0.15, 0.2) is 43.1 Å². The van der Waals surface area contributed by atoms with E-state index >= 15 is 0 Å². The summed E-state index contributed by atoms with van der Waals surface area (Å²) >= 11 is 0. The average Bonchev–Trinajstić information content (AvgIpc) is 2.97. The largest absolute Gasteiger partial charge is 0.361 e. The van der Waals surface area contributed by atoms with Crippen LogP contribution in [0.25, 0.3) is 10.9 Å². The highest BCUT2D eigenvalue weighted by molar-refractivity contribution is 5.93. The van der Waals surface area contributed by atoms with Crippen LogP contribution in [-0.4, -0.2) is 29.4 Å². The van der Waals surface area contributed by atoms with Gasteiger partial charge in [0.2, 0.25) is 11.8 Å². The number of H-pyrrole nitrogens is 1. The number of hydrogen-bond acceptors (Lipinski definition) is 3. The maximum absolute atomic E-state index is 12.3.